The van der Waals surface area contributed by atoms with Crippen LogP contribution in [0.3, 0.4) is 0 Å². The Morgan fingerprint density at radius 3 is 2.13 bits per heavy atom. The van der Waals surface area contributed by atoms with Crippen molar-refractivity contribution in [3.8, 4) is 0 Å². The van der Waals surface area contributed by atoms with E-state index < -0.39 is 0 Å². The van der Waals surface area contributed by atoms with Crippen molar-refractivity contribution in [3.63, 3.8) is 0 Å². The van der Waals surface area contributed by atoms with Gasteiger partial charge in [0.05, 0.1) is 0 Å². The Kier molecular flexibility index (Phi) is 9.24. The molecule has 2 rings (SSSR count). The third-order valence-corrected chi connectivity index (χ3v) is 4.56. The largest absolute Gasteiger partial charge is 0.356 e. The van der Waals surface area contributed by atoms with E-state index in [1.165, 1.54) is 11.1 Å². The Morgan fingerprint density at radius 1 is 1.00 bits per heavy atom. The van der Waals surface area contributed by atoms with Gasteiger partial charge in [0.2, 0.25) is 0 Å². The number of hydrogen-bond donors (Lipinski definition) is 2. The second kappa shape index (κ2) is 10.6. The van der Waals surface area contributed by atoms with Crippen LogP contribution in [0.15, 0.2) is 52.2 Å². The van der Waals surface area contributed by atoms with Crippen LogP contribution in [0.5, 0.6) is 0 Å². The molecule has 0 radical (unpaired) electrons. The third kappa shape index (κ3) is 6.51. The minimum absolute atomic E-state index is 0. The van der Waals surface area contributed by atoms with Crippen LogP contribution in [0.25, 0.3) is 0 Å². The first-order valence-corrected chi connectivity index (χ1v) is 8.66. The molecule has 23 heavy (non-hydrogen) atoms. The Morgan fingerprint density at radius 2 is 1.61 bits per heavy atom. The summed E-state index contributed by atoms with van der Waals surface area (Å²) in [5, 5.41) is 11.2. The molecule has 0 saturated carbocycles. The van der Waals surface area contributed by atoms with Gasteiger partial charge in [0.25, 0.3) is 0 Å². The van der Waals surface area contributed by atoms with Crippen molar-refractivity contribution >= 4 is 41.3 Å². The first-order valence-electron chi connectivity index (χ1n) is 7.72. The minimum atomic E-state index is 0. The van der Waals surface area contributed by atoms with Gasteiger partial charge in [0.1, 0.15) is 0 Å². The highest BCUT2D eigenvalue weighted by molar-refractivity contribution is 14.0. The van der Waals surface area contributed by atoms with E-state index in [1.807, 2.05) is 7.05 Å². The summed E-state index contributed by atoms with van der Waals surface area (Å²) < 4.78 is 0. The van der Waals surface area contributed by atoms with Crippen LogP contribution in [-0.4, -0.2) is 26.1 Å². The molecule has 0 bridgehead atoms. The molecule has 0 aliphatic heterocycles. The molecular weight excluding hydrogens is 417 g/mol. The molecule has 2 aromatic rings. The zero-order valence-electron chi connectivity index (χ0n) is 14.0. The van der Waals surface area contributed by atoms with E-state index in [0.29, 0.717) is 11.8 Å². The number of benzene rings is 1. The van der Waals surface area contributed by atoms with Crippen LogP contribution < -0.4 is 10.6 Å². The van der Waals surface area contributed by atoms with Crippen molar-refractivity contribution in [2.45, 2.75) is 25.7 Å². The quantitative estimate of drug-likeness (QED) is 0.394. The second-order valence-corrected chi connectivity index (χ2v) is 6.38. The summed E-state index contributed by atoms with van der Waals surface area (Å²) in [6.07, 6.45) is 0. The summed E-state index contributed by atoms with van der Waals surface area (Å²) in [7, 11) is 1.82. The maximum absolute atomic E-state index is 4.30. The molecule has 0 saturated heterocycles. The van der Waals surface area contributed by atoms with Crippen molar-refractivity contribution in [1.29, 1.82) is 0 Å². The highest BCUT2D eigenvalue weighted by Gasteiger charge is 2.09. The van der Waals surface area contributed by atoms with Crippen molar-refractivity contribution in [3.05, 3.63) is 58.3 Å². The summed E-state index contributed by atoms with van der Waals surface area (Å²) in [6, 6.07) is 12.7. The number of rotatable bonds is 6. The molecule has 5 heteroatoms. The van der Waals surface area contributed by atoms with Gasteiger partial charge in [-0.2, -0.15) is 11.3 Å². The predicted octanol–water partition coefficient (Wildman–Crippen LogP) is 4.44. The van der Waals surface area contributed by atoms with Crippen LogP contribution in [-0.2, 0) is 0 Å². The molecule has 0 spiro atoms. The lowest BCUT2D eigenvalue weighted by Crippen LogP contribution is -2.40. The van der Waals surface area contributed by atoms with Crippen LogP contribution in [0.1, 0.15) is 36.8 Å². The molecule has 126 valence electrons. The summed E-state index contributed by atoms with van der Waals surface area (Å²) >= 11 is 1.75. The van der Waals surface area contributed by atoms with Gasteiger partial charge < -0.3 is 10.6 Å². The molecule has 1 heterocycles. The molecule has 2 N–H and O–H groups in total. The average Bonchev–Trinajstić information content (AvgIpc) is 3.10. The molecule has 2 unspecified atom stereocenters. The molecule has 0 amide bonds. The van der Waals surface area contributed by atoms with E-state index in [2.05, 4.69) is 76.6 Å². The van der Waals surface area contributed by atoms with Gasteiger partial charge in [-0.15, -0.1) is 24.0 Å². The van der Waals surface area contributed by atoms with E-state index in [0.717, 1.165) is 19.0 Å². The highest BCUT2D eigenvalue weighted by Crippen LogP contribution is 2.17. The lowest BCUT2D eigenvalue weighted by atomic mass is 10.0. The van der Waals surface area contributed by atoms with E-state index >= 15 is 0 Å². The zero-order chi connectivity index (χ0) is 15.8. The second-order valence-electron chi connectivity index (χ2n) is 5.60. The summed E-state index contributed by atoms with van der Waals surface area (Å²) in [6.45, 7) is 6.21. The molecule has 2 atom stereocenters. The maximum Gasteiger partial charge on any atom is 0.191 e. The molecular formula is C18H26IN3S. The lowest BCUT2D eigenvalue weighted by Gasteiger charge is -2.18. The van der Waals surface area contributed by atoms with Gasteiger partial charge >= 0.3 is 0 Å². The number of aliphatic imine (C=N–C) groups is 1. The van der Waals surface area contributed by atoms with Crippen LogP contribution in [0, 0.1) is 0 Å². The smallest absolute Gasteiger partial charge is 0.191 e. The number of thiophene rings is 1. The normalized spacial score (nSPS) is 13.8. The molecule has 1 aromatic carbocycles. The van der Waals surface area contributed by atoms with Crippen molar-refractivity contribution in [2.24, 2.45) is 4.99 Å². The zero-order valence-corrected chi connectivity index (χ0v) is 17.1. The minimum Gasteiger partial charge on any atom is -0.356 e. The van der Waals surface area contributed by atoms with Gasteiger partial charge in [-0.1, -0.05) is 44.2 Å². The Hall–Kier alpha value is -1.08. The molecule has 0 aliphatic carbocycles. The highest BCUT2D eigenvalue weighted by atomic mass is 127. The predicted molar refractivity (Wildman–Crippen MR) is 112 cm³/mol. The average molecular weight is 443 g/mol. The Labute approximate surface area is 160 Å². The van der Waals surface area contributed by atoms with Crippen LogP contribution in [0.4, 0.5) is 0 Å². The Bertz CT molecular complexity index is 569. The molecule has 0 fully saturated rings. The molecule has 0 aliphatic rings. The number of halogens is 1. The van der Waals surface area contributed by atoms with E-state index in [1.54, 1.807) is 11.3 Å². The van der Waals surface area contributed by atoms with Crippen LogP contribution in [0.2, 0.25) is 0 Å². The fraction of sp³-hybridized carbons (Fsp3) is 0.389. The van der Waals surface area contributed by atoms with Crippen molar-refractivity contribution in [1.82, 2.24) is 10.6 Å². The van der Waals surface area contributed by atoms with E-state index in [4.69, 9.17) is 0 Å². The van der Waals surface area contributed by atoms with Gasteiger partial charge in [-0.25, -0.2) is 0 Å². The number of nitrogens with one attached hydrogen (secondary N) is 2. The summed E-state index contributed by atoms with van der Waals surface area (Å²) in [5.74, 6) is 1.80. The van der Waals surface area contributed by atoms with Gasteiger partial charge in [-0.3, -0.25) is 4.99 Å². The van der Waals surface area contributed by atoms with E-state index in [-0.39, 0.29) is 24.0 Å². The third-order valence-electron chi connectivity index (χ3n) is 3.86. The van der Waals surface area contributed by atoms with Crippen molar-refractivity contribution in [2.75, 3.05) is 20.1 Å². The maximum atomic E-state index is 4.30. The topological polar surface area (TPSA) is 36.4 Å². The summed E-state index contributed by atoms with van der Waals surface area (Å²) in [5.41, 5.74) is 2.72. The fourth-order valence-corrected chi connectivity index (χ4v) is 3.08. The number of guanidine groups is 1. The molecule has 3 nitrogen and oxygen atoms in total. The van der Waals surface area contributed by atoms with Gasteiger partial charge in [0, 0.05) is 20.1 Å². The SMILES string of the molecule is CN=C(NCC(C)c1ccccc1)NCC(C)c1ccsc1.I. The fourth-order valence-electron chi connectivity index (χ4n) is 2.29. The Balaban J connectivity index is 0.00000264. The van der Waals surface area contributed by atoms with Gasteiger partial charge in [0.15, 0.2) is 5.96 Å². The molecule has 1 aromatic heterocycles. The van der Waals surface area contributed by atoms with E-state index in [9.17, 15) is 0 Å². The van der Waals surface area contributed by atoms with Crippen LogP contribution >= 0.6 is 35.3 Å². The first kappa shape index (κ1) is 20.0. The monoisotopic (exact) mass is 443 g/mol. The first-order chi connectivity index (χ1) is 10.7. The number of nitrogens with zero attached hydrogens (tertiary/aromatic N) is 1. The lowest BCUT2D eigenvalue weighted by molar-refractivity contribution is 0.672. The van der Waals surface area contributed by atoms with Crippen molar-refractivity contribution < 1.29 is 0 Å². The standard InChI is InChI=1S/C18H25N3S.HI/c1-14(16-7-5-4-6-8-16)11-20-18(19-3)21-12-15(2)17-9-10-22-13-17;/h4-10,13-15H,11-12H2,1-3H3,(H2,19,20,21);1H. The number of hydrogen-bond acceptors (Lipinski definition) is 2. The summed E-state index contributed by atoms with van der Waals surface area (Å²) in [4.78, 5) is 4.30. The van der Waals surface area contributed by atoms with Gasteiger partial charge in [-0.05, 0) is 39.8 Å².